The maximum absolute atomic E-state index is 10.8. The molecule has 27 heavy (non-hydrogen) atoms. The SMILES string of the molecule is Cc1nc([N+](=O)[O-])ccc1Oc1ccnc(-c2cnn(N3CCN3C)c2)c1. The molecule has 0 amide bonds. The Balaban J connectivity index is 1.55. The fourth-order valence-electron chi connectivity index (χ4n) is 2.72. The maximum atomic E-state index is 10.8. The second kappa shape index (κ2) is 6.65. The fourth-order valence-corrected chi connectivity index (χ4v) is 2.72. The summed E-state index contributed by atoms with van der Waals surface area (Å²) in [5.41, 5.74) is 2.02. The highest BCUT2D eigenvalue weighted by molar-refractivity contribution is 5.59. The van der Waals surface area contributed by atoms with Crippen LogP contribution < -0.4 is 9.85 Å². The van der Waals surface area contributed by atoms with E-state index in [0.29, 0.717) is 17.2 Å². The van der Waals surface area contributed by atoms with Gasteiger partial charge >= 0.3 is 5.82 Å². The van der Waals surface area contributed by atoms with Crippen LogP contribution in [-0.4, -0.2) is 49.9 Å². The van der Waals surface area contributed by atoms with E-state index in [0.717, 1.165) is 24.3 Å². The molecule has 3 aromatic rings. The van der Waals surface area contributed by atoms with Gasteiger partial charge in [-0.2, -0.15) is 9.89 Å². The van der Waals surface area contributed by atoms with Crippen molar-refractivity contribution in [3.8, 4) is 22.8 Å². The predicted octanol–water partition coefficient (Wildman–Crippen LogP) is 2.15. The third-order valence-corrected chi connectivity index (χ3v) is 4.29. The third-order valence-electron chi connectivity index (χ3n) is 4.29. The molecule has 0 radical (unpaired) electrons. The first-order chi connectivity index (χ1) is 13.0. The Labute approximate surface area is 154 Å². The summed E-state index contributed by atoms with van der Waals surface area (Å²) in [6.45, 7) is 3.58. The first-order valence-corrected chi connectivity index (χ1v) is 8.31. The first-order valence-electron chi connectivity index (χ1n) is 8.31. The molecule has 0 atom stereocenters. The van der Waals surface area contributed by atoms with Crippen LogP contribution >= 0.6 is 0 Å². The van der Waals surface area contributed by atoms with Crippen LogP contribution in [0.25, 0.3) is 11.3 Å². The van der Waals surface area contributed by atoms with E-state index in [2.05, 4.69) is 20.1 Å². The summed E-state index contributed by atoms with van der Waals surface area (Å²) < 4.78 is 5.84. The molecule has 1 fully saturated rings. The summed E-state index contributed by atoms with van der Waals surface area (Å²) in [6, 6.07) is 6.37. The van der Waals surface area contributed by atoms with Crippen molar-refractivity contribution >= 4 is 5.82 Å². The van der Waals surface area contributed by atoms with E-state index in [1.807, 2.05) is 18.4 Å². The number of rotatable bonds is 5. The van der Waals surface area contributed by atoms with E-state index in [-0.39, 0.29) is 5.82 Å². The van der Waals surface area contributed by atoms with E-state index in [1.165, 1.54) is 12.1 Å². The number of pyridine rings is 2. The summed E-state index contributed by atoms with van der Waals surface area (Å²) in [5, 5.41) is 19.2. The summed E-state index contributed by atoms with van der Waals surface area (Å²) in [7, 11) is 2.00. The molecule has 0 bridgehead atoms. The third kappa shape index (κ3) is 3.29. The van der Waals surface area contributed by atoms with Crippen molar-refractivity contribution in [3.05, 3.63) is 58.7 Å². The van der Waals surface area contributed by atoms with Gasteiger partial charge in [-0.15, -0.1) is 0 Å². The lowest BCUT2D eigenvalue weighted by Gasteiger charge is -2.41. The maximum Gasteiger partial charge on any atom is 0.363 e. The van der Waals surface area contributed by atoms with E-state index >= 15 is 0 Å². The average Bonchev–Trinajstić information content (AvgIpc) is 3.11. The number of aryl methyl sites for hydroxylation is 1. The number of nitro groups is 1. The highest BCUT2D eigenvalue weighted by atomic mass is 16.6. The molecule has 1 saturated heterocycles. The Morgan fingerprint density at radius 3 is 2.78 bits per heavy atom. The van der Waals surface area contributed by atoms with Gasteiger partial charge in [0.2, 0.25) is 0 Å². The summed E-state index contributed by atoms with van der Waals surface area (Å²) >= 11 is 0. The molecule has 0 N–H and O–H groups in total. The van der Waals surface area contributed by atoms with Gasteiger partial charge in [0.1, 0.15) is 5.75 Å². The second-order valence-electron chi connectivity index (χ2n) is 6.12. The van der Waals surface area contributed by atoms with Crippen LogP contribution in [0, 0.1) is 17.0 Å². The fraction of sp³-hybridized carbons (Fsp3) is 0.235. The molecule has 4 rings (SSSR count). The normalized spacial score (nSPS) is 14.1. The zero-order valence-electron chi connectivity index (χ0n) is 14.8. The van der Waals surface area contributed by atoms with Gasteiger partial charge in [0.15, 0.2) is 11.4 Å². The van der Waals surface area contributed by atoms with Crippen LogP contribution in [0.2, 0.25) is 0 Å². The number of hydrogen-bond acceptors (Lipinski definition) is 8. The Morgan fingerprint density at radius 2 is 2.11 bits per heavy atom. The Bertz CT molecular complexity index is 1000. The van der Waals surface area contributed by atoms with Gasteiger partial charge in [0.05, 0.1) is 24.6 Å². The van der Waals surface area contributed by atoms with Gasteiger partial charge in [0.25, 0.3) is 0 Å². The standard InChI is InChI=1S/C17H17N7O3/c1-12-16(3-4-17(20-12)24(25)26)27-14-5-6-18-15(9-14)13-10-19-22(11-13)23-8-7-21(23)2/h3-6,9-11H,7-8H2,1-2H3. The molecule has 0 aliphatic carbocycles. The number of nitrogens with zero attached hydrogens (tertiary/aromatic N) is 7. The van der Waals surface area contributed by atoms with Crippen molar-refractivity contribution < 1.29 is 9.66 Å². The van der Waals surface area contributed by atoms with Crippen molar-refractivity contribution in [2.45, 2.75) is 6.92 Å². The van der Waals surface area contributed by atoms with Crippen LogP contribution in [0.4, 0.5) is 5.82 Å². The zero-order chi connectivity index (χ0) is 19.0. The van der Waals surface area contributed by atoms with Crippen LogP contribution in [0.5, 0.6) is 11.5 Å². The number of likely N-dealkylation sites (N-methyl/N-ethyl adjacent to an activating group) is 1. The number of hydrogen-bond donors (Lipinski definition) is 0. The average molecular weight is 367 g/mol. The monoisotopic (exact) mass is 367 g/mol. The Kier molecular flexibility index (Phi) is 4.16. The minimum absolute atomic E-state index is 0.210. The van der Waals surface area contributed by atoms with Crippen LogP contribution in [-0.2, 0) is 0 Å². The van der Waals surface area contributed by atoms with Gasteiger partial charge < -0.3 is 14.9 Å². The van der Waals surface area contributed by atoms with Crippen molar-refractivity contribution in [2.75, 3.05) is 25.3 Å². The zero-order valence-corrected chi connectivity index (χ0v) is 14.8. The molecule has 0 saturated carbocycles. The summed E-state index contributed by atoms with van der Waals surface area (Å²) in [5.74, 6) is 0.807. The van der Waals surface area contributed by atoms with Gasteiger partial charge in [-0.05, 0) is 22.0 Å². The number of ether oxygens (including phenoxy) is 1. The molecular formula is C17H17N7O3. The van der Waals surface area contributed by atoms with Crippen molar-refractivity contribution in [2.24, 2.45) is 0 Å². The molecule has 0 spiro atoms. The molecular weight excluding hydrogens is 350 g/mol. The van der Waals surface area contributed by atoms with E-state index < -0.39 is 4.92 Å². The van der Waals surface area contributed by atoms with Crippen LogP contribution in [0.15, 0.2) is 42.9 Å². The Morgan fingerprint density at radius 1 is 1.26 bits per heavy atom. The van der Waals surface area contributed by atoms with Crippen LogP contribution in [0.1, 0.15) is 5.69 Å². The first kappa shape index (κ1) is 16.9. The lowest BCUT2D eigenvalue weighted by Crippen LogP contribution is -2.60. The van der Waals surface area contributed by atoms with Gasteiger partial charge in [-0.3, -0.25) is 4.98 Å². The van der Waals surface area contributed by atoms with Crippen LogP contribution in [0.3, 0.4) is 0 Å². The number of hydrazine groups is 1. The van der Waals surface area contributed by atoms with Gasteiger partial charge in [0, 0.05) is 44.4 Å². The van der Waals surface area contributed by atoms with E-state index in [1.54, 1.807) is 36.2 Å². The van der Waals surface area contributed by atoms with Gasteiger partial charge in [-0.25, -0.2) is 10.1 Å². The van der Waals surface area contributed by atoms with E-state index in [9.17, 15) is 10.1 Å². The molecule has 3 aromatic heterocycles. The molecule has 1 aliphatic rings. The van der Waals surface area contributed by atoms with Gasteiger partial charge in [-0.1, -0.05) is 0 Å². The predicted molar refractivity (Wildman–Crippen MR) is 96.9 cm³/mol. The molecule has 138 valence electrons. The molecule has 0 unspecified atom stereocenters. The number of aromatic nitrogens is 4. The molecule has 10 heteroatoms. The van der Waals surface area contributed by atoms with Crippen molar-refractivity contribution in [1.82, 2.24) is 24.9 Å². The van der Waals surface area contributed by atoms with Crippen molar-refractivity contribution in [1.29, 1.82) is 0 Å². The quantitative estimate of drug-likeness (QED) is 0.499. The molecule has 10 nitrogen and oxygen atoms in total. The van der Waals surface area contributed by atoms with Crippen molar-refractivity contribution in [3.63, 3.8) is 0 Å². The highest BCUT2D eigenvalue weighted by Crippen LogP contribution is 2.28. The minimum Gasteiger partial charge on any atom is -0.453 e. The topological polar surface area (TPSA) is 102 Å². The molecule has 4 heterocycles. The smallest absolute Gasteiger partial charge is 0.363 e. The molecule has 0 aromatic carbocycles. The summed E-state index contributed by atoms with van der Waals surface area (Å²) in [4.78, 5) is 20.4. The lowest BCUT2D eigenvalue weighted by molar-refractivity contribution is -0.389. The Hall–Kier alpha value is -3.53. The lowest BCUT2D eigenvalue weighted by atomic mass is 10.2. The minimum atomic E-state index is -0.533. The second-order valence-corrected chi connectivity index (χ2v) is 6.12. The largest absolute Gasteiger partial charge is 0.453 e. The molecule has 1 aliphatic heterocycles. The van der Waals surface area contributed by atoms with E-state index in [4.69, 9.17) is 4.74 Å². The summed E-state index contributed by atoms with van der Waals surface area (Å²) in [6.07, 6.45) is 5.29. The highest BCUT2D eigenvalue weighted by Gasteiger charge is 2.22.